The molecule has 3 N–H and O–H groups in total. The molecule has 2 heterocycles. The predicted octanol–water partition coefficient (Wildman–Crippen LogP) is 3.07. The predicted molar refractivity (Wildman–Crippen MR) is 111 cm³/mol. The highest BCUT2D eigenvalue weighted by Gasteiger charge is 2.36. The second kappa shape index (κ2) is 7.95. The zero-order valence-electron chi connectivity index (χ0n) is 16.0. The van der Waals surface area contributed by atoms with Crippen LogP contribution in [0.25, 0.3) is 10.9 Å². The number of rotatable bonds is 4. The number of aromatic amines is 1. The van der Waals surface area contributed by atoms with E-state index in [1.807, 2.05) is 0 Å². The Labute approximate surface area is 178 Å². The van der Waals surface area contributed by atoms with Gasteiger partial charge in [-0.3, -0.25) is 14.7 Å². The summed E-state index contributed by atoms with van der Waals surface area (Å²) in [7, 11) is 0. The number of hydrogen-bond donors (Lipinski definition) is 3. The molecule has 10 heteroatoms. The monoisotopic (exact) mass is 443 g/mol. The lowest BCUT2D eigenvalue weighted by molar-refractivity contribution is -0.132. The van der Waals surface area contributed by atoms with E-state index >= 15 is 0 Å². The number of aromatic nitrogens is 2. The molecule has 1 amide bonds. The summed E-state index contributed by atoms with van der Waals surface area (Å²) in [6.45, 7) is 1.40. The number of nitrogens with one attached hydrogen (secondary N) is 2. The fourth-order valence-corrected chi connectivity index (χ4v) is 4.63. The number of carboxylic acid groups (broad SMARTS) is 1. The number of nitrogens with zero attached hydrogens (tertiary/aromatic N) is 1. The number of carbonyl (C=O) groups is 2. The fourth-order valence-electron chi connectivity index (χ4n) is 3.40. The van der Waals surface area contributed by atoms with Crippen LogP contribution in [0.3, 0.4) is 0 Å². The van der Waals surface area contributed by atoms with E-state index in [1.54, 1.807) is 18.2 Å². The van der Waals surface area contributed by atoms with E-state index in [4.69, 9.17) is 0 Å². The smallest absolute Gasteiger partial charge is 0.334 e. The summed E-state index contributed by atoms with van der Waals surface area (Å²) in [6, 6.07) is 9.20. The van der Waals surface area contributed by atoms with Gasteiger partial charge in [-0.05, 0) is 30.2 Å². The second-order valence-corrected chi connectivity index (χ2v) is 7.94. The molecule has 4 rings (SSSR count). The molecule has 3 aromatic rings. The Hall–Kier alpha value is -3.53. The van der Waals surface area contributed by atoms with Crippen LogP contribution in [0.1, 0.15) is 27.5 Å². The van der Waals surface area contributed by atoms with Crippen molar-refractivity contribution >= 4 is 34.5 Å². The van der Waals surface area contributed by atoms with Gasteiger partial charge in [0.15, 0.2) is 17.3 Å². The van der Waals surface area contributed by atoms with Crippen LogP contribution in [0.5, 0.6) is 0 Å². The molecular formula is C21H15F2N3O4S. The van der Waals surface area contributed by atoms with Gasteiger partial charge in [0.2, 0.25) is 5.43 Å². The van der Waals surface area contributed by atoms with Gasteiger partial charge >= 0.3 is 5.97 Å². The molecule has 0 aliphatic carbocycles. The van der Waals surface area contributed by atoms with Gasteiger partial charge < -0.3 is 10.4 Å². The number of amides is 1. The highest BCUT2D eigenvalue weighted by atomic mass is 32.2. The van der Waals surface area contributed by atoms with Crippen LogP contribution >= 0.6 is 11.8 Å². The molecule has 0 fully saturated rings. The number of carboxylic acids is 1. The molecule has 0 saturated carbocycles. The van der Waals surface area contributed by atoms with Crippen molar-refractivity contribution in [1.82, 2.24) is 15.5 Å². The zero-order valence-corrected chi connectivity index (χ0v) is 16.8. The average molecular weight is 443 g/mol. The van der Waals surface area contributed by atoms with E-state index in [0.29, 0.717) is 5.52 Å². The third-order valence-corrected chi connectivity index (χ3v) is 6.13. The van der Waals surface area contributed by atoms with Gasteiger partial charge in [-0.2, -0.15) is 5.10 Å². The van der Waals surface area contributed by atoms with Crippen molar-refractivity contribution in [2.45, 2.75) is 12.8 Å². The normalized spacial score (nSPS) is 16.0. The molecule has 31 heavy (non-hydrogen) atoms. The second-order valence-electron chi connectivity index (χ2n) is 6.91. The van der Waals surface area contributed by atoms with Gasteiger partial charge in [0.05, 0.1) is 16.1 Å². The topological polar surface area (TPSA) is 112 Å². The first-order chi connectivity index (χ1) is 14.8. The number of aliphatic carboxylic acids is 1. The number of thioether (sulfide) groups is 1. The van der Waals surface area contributed by atoms with Gasteiger partial charge in [-0.1, -0.05) is 24.3 Å². The standard InChI is InChI=1S/C21H15F2N3O4S/c1-9-6-7-10(16(23)15(9)22)12-8-31-20(14(12)21(29)30)24-19(28)17-18(27)11-4-2-3-5-13(11)25-26-17/h2-7,12H,8H2,1H3,(H,24,28)(H,25,27)(H,29,30). The van der Waals surface area contributed by atoms with Crippen LogP contribution in [-0.2, 0) is 4.79 Å². The van der Waals surface area contributed by atoms with Gasteiger partial charge in [0, 0.05) is 17.1 Å². The number of aryl methyl sites for hydroxylation is 1. The van der Waals surface area contributed by atoms with Crippen molar-refractivity contribution < 1.29 is 23.5 Å². The highest BCUT2D eigenvalue weighted by Crippen LogP contribution is 2.42. The van der Waals surface area contributed by atoms with Crippen LogP contribution in [0.2, 0.25) is 0 Å². The van der Waals surface area contributed by atoms with Crippen molar-refractivity contribution in [3.8, 4) is 0 Å². The lowest BCUT2D eigenvalue weighted by Gasteiger charge is -2.14. The van der Waals surface area contributed by atoms with Crippen LogP contribution in [0.15, 0.2) is 51.8 Å². The molecule has 0 radical (unpaired) electrons. The Kier molecular flexibility index (Phi) is 5.32. The number of halogens is 2. The maximum absolute atomic E-state index is 14.5. The molecule has 1 aliphatic heterocycles. The number of hydrogen-bond acceptors (Lipinski definition) is 5. The molecule has 1 aromatic heterocycles. The molecular weight excluding hydrogens is 428 g/mol. The number of fused-ring (bicyclic) bond motifs is 1. The van der Waals surface area contributed by atoms with Crippen molar-refractivity contribution in [3.05, 3.63) is 85.7 Å². The maximum Gasteiger partial charge on any atom is 0.334 e. The van der Waals surface area contributed by atoms with Gasteiger partial charge in [0.1, 0.15) is 0 Å². The molecule has 0 bridgehead atoms. The maximum atomic E-state index is 14.5. The van der Waals surface area contributed by atoms with E-state index in [0.717, 1.165) is 11.8 Å². The summed E-state index contributed by atoms with van der Waals surface area (Å²) in [6.07, 6.45) is 0. The minimum atomic E-state index is -1.38. The number of carbonyl (C=O) groups excluding carboxylic acids is 1. The van der Waals surface area contributed by atoms with Crippen molar-refractivity contribution in [1.29, 1.82) is 0 Å². The van der Waals surface area contributed by atoms with E-state index < -0.39 is 40.6 Å². The Morgan fingerprint density at radius 2 is 1.94 bits per heavy atom. The molecule has 0 spiro atoms. The first kappa shape index (κ1) is 20.7. The number of H-pyrrole nitrogens is 1. The molecule has 1 unspecified atom stereocenters. The largest absolute Gasteiger partial charge is 0.478 e. The van der Waals surface area contributed by atoms with E-state index in [9.17, 15) is 28.3 Å². The first-order valence-corrected chi connectivity index (χ1v) is 10.1. The zero-order chi connectivity index (χ0) is 22.3. The molecule has 0 saturated heterocycles. The summed E-state index contributed by atoms with van der Waals surface area (Å²) < 4.78 is 28.5. The van der Waals surface area contributed by atoms with Gasteiger partial charge in [0.25, 0.3) is 5.91 Å². The Balaban J connectivity index is 1.71. The van der Waals surface area contributed by atoms with Crippen molar-refractivity contribution in [2.24, 2.45) is 0 Å². The molecule has 1 aliphatic rings. The summed E-state index contributed by atoms with van der Waals surface area (Å²) in [5.41, 5.74) is -0.899. The summed E-state index contributed by atoms with van der Waals surface area (Å²) in [5, 5.41) is 18.7. The molecule has 2 aromatic carbocycles. The minimum Gasteiger partial charge on any atom is -0.478 e. The molecule has 7 nitrogen and oxygen atoms in total. The average Bonchev–Trinajstić information content (AvgIpc) is 3.16. The Morgan fingerprint density at radius 1 is 1.19 bits per heavy atom. The summed E-state index contributed by atoms with van der Waals surface area (Å²) in [5.74, 6) is -5.34. The third kappa shape index (κ3) is 3.59. The van der Waals surface area contributed by atoms with Gasteiger partial charge in [-0.25, -0.2) is 13.6 Å². The fraction of sp³-hybridized carbons (Fsp3) is 0.143. The van der Waals surface area contributed by atoms with E-state index in [1.165, 1.54) is 25.1 Å². The molecule has 1 atom stereocenters. The highest BCUT2D eigenvalue weighted by molar-refractivity contribution is 8.03. The summed E-state index contributed by atoms with van der Waals surface area (Å²) in [4.78, 5) is 37.2. The minimum absolute atomic E-state index is 0.0442. The third-order valence-electron chi connectivity index (χ3n) is 5.02. The van der Waals surface area contributed by atoms with Crippen LogP contribution in [0.4, 0.5) is 8.78 Å². The number of benzene rings is 2. The van der Waals surface area contributed by atoms with Crippen molar-refractivity contribution in [3.63, 3.8) is 0 Å². The van der Waals surface area contributed by atoms with Crippen molar-refractivity contribution in [2.75, 3.05) is 5.75 Å². The van der Waals surface area contributed by atoms with Gasteiger partial charge in [-0.15, -0.1) is 11.8 Å². The number of para-hydroxylation sites is 1. The Bertz CT molecular complexity index is 1340. The van der Waals surface area contributed by atoms with Crippen LogP contribution < -0.4 is 10.7 Å². The Morgan fingerprint density at radius 3 is 2.68 bits per heavy atom. The quantitative estimate of drug-likeness (QED) is 0.571. The lowest BCUT2D eigenvalue weighted by Crippen LogP contribution is -2.30. The first-order valence-electron chi connectivity index (χ1n) is 9.13. The van der Waals surface area contributed by atoms with E-state index in [-0.39, 0.29) is 32.9 Å². The SMILES string of the molecule is Cc1ccc(C2CSC(NC(=O)c3n[nH]c4ccccc4c3=O)=C2C(=O)O)c(F)c1F. The van der Waals surface area contributed by atoms with Crippen LogP contribution in [-0.4, -0.2) is 32.9 Å². The lowest BCUT2D eigenvalue weighted by atomic mass is 9.92. The molecule has 158 valence electrons. The summed E-state index contributed by atoms with van der Waals surface area (Å²) >= 11 is 0.971. The van der Waals surface area contributed by atoms with Crippen LogP contribution in [0, 0.1) is 18.6 Å². The van der Waals surface area contributed by atoms with E-state index in [2.05, 4.69) is 15.5 Å².